The Balaban J connectivity index is 1.92. The molecule has 0 aliphatic carbocycles. The van der Waals surface area contributed by atoms with Crippen molar-refractivity contribution in [2.45, 2.75) is 19.5 Å². The number of nitrogens with zero attached hydrogens (tertiary/aromatic N) is 3. The Kier molecular flexibility index (Phi) is 4.76. The van der Waals surface area contributed by atoms with Gasteiger partial charge in [-0.05, 0) is 12.5 Å². The first-order valence-electron chi connectivity index (χ1n) is 6.56. The SMILES string of the molecule is CC(NC(=O)Cn1cc(NS(C)(=O)=O)nn1)c1ccccc1. The summed E-state index contributed by atoms with van der Waals surface area (Å²) < 4.78 is 25.6. The van der Waals surface area contributed by atoms with Crippen molar-refractivity contribution < 1.29 is 13.2 Å². The van der Waals surface area contributed by atoms with Gasteiger partial charge in [-0.1, -0.05) is 35.5 Å². The van der Waals surface area contributed by atoms with Crippen LogP contribution < -0.4 is 10.0 Å². The topological polar surface area (TPSA) is 106 Å². The lowest BCUT2D eigenvalue weighted by atomic mass is 10.1. The van der Waals surface area contributed by atoms with Gasteiger partial charge in [0.15, 0.2) is 5.82 Å². The Labute approximate surface area is 128 Å². The number of rotatable bonds is 6. The van der Waals surface area contributed by atoms with Gasteiger partial charge in [0.05, 0.1) is 18.5 Å². The number of hydrogen-bond acceptors (Lipinski definition) is 5. The Morgan fingerprint density at radius 1 is 1.32 bits per heavy atom. The molecule has 1 unspecified atom stereocenters. The molecular weight excluding hydrogens is 306 g/mol. The zero-order valence-electron chi connectivity index (χ0n) is 12.2. The Morgan fingerprint density at radius 2 is 2.00 bits per heavy atom. The van der Waals surface area contributed by atoms with Gasteiger partial charge in [0.25, 0.3) is 0 Å². The molecule has 0 fully saturated rings. The first kappa shape index (κ1) is 16.0. The van der Waals surface area contributed by atoms with Crippen LogP contribution in [-0.2, 0) is 21.4 Å². The molecule has 118 valence electrons. The van der Waals surface area contributed by atoms with Crippen LogP contribution in [0.2, 0.25) is 0 Å². The van der Waals surface area contributed by atoms with E-state index in [1.807, 2.05) is 37.3 Å². The molecular formula is C13H17N5O3S. The molecule has 0 radical (unpaired) electrons. The second kappa shape index (κ2) is 6.56. The molecule has 8 nitrogen and oxygen atoms in total. The highest BCUT2D eigenvalue weighted by Gasteiger charge is 2.12. The van der Waals surface area contributed by atoms with E-state index in [1.165, 1.54) is 10.9 Å². The smallest absolute Gasteiger partial charge is 0.242 e. The van der Waals surface area contributed by atoms with E-state index in [1.54, 1.807) is 0 Å². The standard InChI is InChI=1S/C13H17N5O3S/c1-10(11-6-4-3-5-7-11)14-13(19)9-18-8-12(15-17-18)16-22(2,20)21/h3-8,10,16H,9H2,1-2H3,(H,14,19). The van der Waals surface area contributed by atoms with Gasteiger partial charge in [0.1, 0.15) is 6.54 Å². The molecule has 0 saturated carbocycles. The van der Waals surface area contributed by atoms with Gasteiger partial charge in [-0.25, -0.2) is 13.1 Å². The van der Waals surface area contributed by atoms with Crippen LogP contribution in [0, 0.1) is 0 Å². The highest BCUT2D eigenvalue weighted by atomic mass is 32.2. The fourth-order valence-electron chi connectivity index (χ4n) is 1.87. The second-order valence-electron chi connectivity index (χ2n) is 4.88. The summed E-state index contributed by atoms with van der Waals surface area (Å²) >= 11 is 0. The van der Waals surface area contributed by atoms with Crippen LogP contribution in [0.4, 0.5) is 5.82 Å². The van der Waals surface area contributed by atoms with Crippen molar-refractivity contribution in [1.29, 1.82) is 0 Å². The lowest BCUT2D eigenvalue weighted by molar-refractivity contribution is -0.122. The van der Waals surface area contributed by atoms with E-state index in [0.29, 0.717) is 0 Å². The van der Waals surface area contributed by atoms with Gasteiger partial charge in [0, 0.05) is 0 Å². The predicted octanol–water partition coefficient (Wildman–Crippen LogP) is 0.527. The monoisotopic (exact) mass is 323 g/mol. The van der Waals surface area contributed by atoms with Crippen molar-refractivity contribution in [3.63, 3.8) is 0 Å². The van der Waals surface area contributed by atoms with Crippen LogP contribution in [-0.4, -0.2) is 35.6 Å². The lowest BCUT2D eigenvalue weighted by Crippen LogP contribution is -2.30. The van der Waals surface area contributed by atoms with Crippen LogP contribution in [0.3, 0.4) is 0 Å². The van der Waals surface area contributed by atoms with Gasteiger partial charge in [-0.15, -0.1) is 5.10 Å². The molecule has 0 spiro atoms. The quantitative estimate of drug-likeness (QED) is 0.806. The summed E-state index contributed by atoms with van der Waals surface area (Å²) in [5.41, 5.74) is 0.994. The minimum atomic E-state index is -3.41. The van der Waals surface area contributed by atoms with E-state index in [4.69, 9.17) is 0 Å². The molecule has 0 aliphatic rings. The van der Waals surface area contributed by atoms with Crippen LogP contribution in [0.1, 0.15) is 18.5 Å². The number of sulfonamides is 1. The van der Waals surface area contributed by atoms with Crippen LogP contribution in [0.5, 0.6) is 0 Å². The fourth-order valence-corrected chi connectivity index (χ4v) is 2.35. The molecule has 2 N–H and O–H groups in total. The molecule has 1 amide bonds. The Hall–Kier alpha value is -2.42. The van der Waals surface area contributed by atoms with E-state index in [-0.39, 0.29) is 24.3 Å². The molecule has 0 bridgehead atoms. The summed E-state index contributed by atoms with van der Waals surface area (Å²) in [6.45, 7) is 1.83. The molecule has 9 heteroatoms. The molecule has 1 heterocycles. The molecule has 2 rings (SSSR count). The number of benzene rings is 1. The van der Waals surface area contributed by atoms with Gasteiger partial charge >= 0.3 is 0 Å². The van der Waals surface area contributed by atoms with Crippen molar-refractivity contribution in [2.24, 2.45) is 0 Å². The molecule has 1 aromatic carbocycles. The Bertz CT molecular complexity index is 742. The predicted molar refractivity (Wildman–Crippen MR) is 81.5 cm³/mol. The normalized spacial score (nSPS) is 12.6. The lowest BCUT2D eigenvalue weighted by Gasteiger charge is -2.13. The number of nitrogens with one attached hydrogen (secondary N) is 2. The van der Waals surface area contributed by atoms with E-state index < -0.39 is 10.0 Å². The summed E-state index contributed by atoms with van der Waals surface area (Å²) in [7, 11) is -3.41. The van der Waals surface area contributed by atoms with Gasteiger partial charge in [-0.2, -0.15) is 0 Å². The van der Waals surface area contributed by atoms with Crippen molar-refractivity contribution in [1.82, 2.24) is 20.3 Å². The summed E-state index contributed by atoms with van der Waals surface area (Å²) in [4.78, 5) is 12.0. The van der Waals surface area contributed by atoms with E-state index in [2.05, 4.69) is 20.4 Å². The first-order valence-corrected chi connectivity index (χ1v) is 8.45. The molecule has 0 aliphatic heterocycles. The number of amides is 1. The number of hydrogen-bond donors (Lipinski definition) is 2. The molecule has 1 aromatic heterocycles. The third kappa shape index (κ3) is 4.85. The van der Waals surface area contributed by atoms with Crippen molar-refractivity contribution in [3.05, 3.63) is 42.1 Å². The molecule has 1 atom stereocenters. The average Bonchev–Trinajstić information content (AvgIpc) is 2.84. The summed E-state index contributed by atoms with van der Waals surface area (Å²) in [5.74, 6) is -0.168. The third-order valence-electron chi connectivity index (χ3n) is 2.81. The van der Waals surface area contributed by atoms with E-state index >= 15 is 0 Å². The van der Waals surface area contributed by atoms with Crippen molar-refractivity contribution in [2.75, 3.05) is 11.0 Å². The van der Waals surface area contributed by atoms with Crippen molar-refractivity contribution >= 4 is 21.7 Å². The zero-order chi connectivity index (χ0) is 16.2. The average molecular weight is 323 g/mol. The van der Waals surface area contributed by atoms with Crippen molar-refractivity contribution in [3.8, 4) is 0 Å². The summed E-state index contributed by atoms with van der Waals surface area (Å²) in [5, 5.41) is 10.2. The van der Waals surface area contributed by atoms with Gasteiger partial charge in [0.2, 0.25) is 15.9 Å². The third-order valence-corrected chi connectivity index (χ3v) is 3.39. The summed E-state index contributed by atoms with van der Waals surface area (Å²) in [6, 6.07) is 9.43. The number of anilines is 1. The van der Waals surface area contributed by atoms with Gasteiger partial charge < -0.3 is 5.32 Å². The molecule has 2 aromatic rings. The minimum Gasteiger partial charge on any atom is -0.348 e. The maximum absolute atomic E-state index is 12.0. The first-order chi connectivity index (χ1) is 10.3. The molecule has 22 heavy (non-hydrogen) atoms. The maximum Gasteiger partial charge on any atom is 0.242 e. The number of carbonyl (C=O) groups is 1. The maximum atomic E-state index is 12.0. The molecule has 0 saturated heterocycles. The van der Waals surface area contributed by atoms with Gasteiger partial charge in [-0.3, -0.25) is 9.52 Å². The fraction of sp³-hybridized carbons (Fsp3) is 0.308. The minimum absolute atomic E-state index is 0.0460. The highest BCUT2D eigenvalue weighted by molar-refractivity contribution is 7.92. The van der Waals surface area contributed by atoms with Crippen LogP contribution in [0.25, 0.3) is 0 Å². The number of aromatic nitrogens is 3. The summed E-state index contributed by atoms with van der Waals surface area (Å²) in [6.07, 6.45) is 2.37. The Morgan fingerprint density at radius 3 is 2.64 bits per heavy atom. The number of carbonyl (C=O) groups excluding carboxylic acids is 1. The van der Waals surface area contributed by atoms with Crippen LogP contribution in [0.15, 0.2) is 36.5 Å². The van der Waals surface area contributed by atoms with Crippen LogP contribution >= 0.6 is 0 Å². The largest absolute Gasteiger partial charge is 0.348 e. The van der Waals surface area contributed by atoms with E-state index in [0.717, 1.165) is 11.8 Å². The van der Waals surface area contributed by atoms with E-state index in [9.17, 15) is 13.2 Å². The second-order valence-corrected chi connectivity index (χ2v) is 6.62. The zero-order valence-corrected chi connectivity index (χ0v) is 13.0. The highest BCUT2D eigenvalue weighted by Crippen LogP contribution is 2.11.